The zero-order chi connectivity index (χ0) is 13.1. The molecular formula is C13H23N3O2. The molecule has 1 saturated heterocycles. The normalized spacial score (nSPS) is 23.8. The number of likely N-dealkylation sites (tertiary alicyclic amines) is 1. The van der Waals surface area contributed by atoms with Gasteiger partial charge in [0.15, 0.2) is 0 Å². The average molecular weight is 253 g/mol. The van der Waals surface area contributed by atoms with E-state index < -0.39 is 0 Å². The van der Waals surface area contributed by atoms with Crippen LogP contribution in [-0.2, 0) is 9.59 Å². The van der Waals surface area contributed by atoms with Crippen LogP contribution in [0.4, 0.5) is 0 Å². The van der Waals surface area contributed by atoms with Crippen LogP contribution in [0.5, 0.6) is 0 Å². The molecule has 1 atom stereocenters. The maximum atomic E-state index is 12.0. The van der Waals surface area contributed by atoms with Gasteiger partial charge in [0, 0.05) is 19.1 Å². The summed E-state index contributed by atoms with van der Waals surface area (Å²) in [6.45, 7) is 5.67. The van der Waals surface area contributed by atoms with E-state index in [9.17, 15) is 9.59 Å². The van der Waals surface area contributed by atoms with Crippen molar-refractivity contribution in [2.24, 2.45) is 5.92 Å². The quantitative estimate of drug-likeness (QED) is 0.706. The summed E-state index contributed by atoms with van der Waals surface area (Å²) in [6.07, 6.45) is 3.18. The molecule has 1 saturated carbocycles. The molecule has 1 heterocycles. The molecule has 0 aromatic heterocycles. The molecule has 1 aliphatic carbocycles. The smallest absolute Gasteiger partial charge is 0.240 e. The number of rotatable bonds is 6. The van der Waals surface area contributed by atoms with E-state index in [0.717, 1.165) is 6.42 Å². The van der Waals surface area contributed by atoms with Gasteiger partial charge in [-0.2, -0.15) is 0 Å². The van der Waals surface area contributed by atoms with E-state index in [-0.39, 0.29) is 24.4 Å². The van der Waals surface area contributed by atoms with Crippen LogP contribution in [0, 0.1) is 5.92 Å². The fourth-order valence-corrected chi connectivity index (χ4v) is 2.13. The van der Waals surface area contributed by atoms with Crippen molar-refractivity contribution in [3.05, 3.63) is 0 Å². The zero-order valence-electron chi connectivity index (χ0n) is 11.2. The van der Waals surface area contributed by atoms with Crippen LogP contribution in [0.3, 0.4) is 0 Å². The summed E-state index contributed by atoms with van der Waals surface area (Å²) in [6, 6.07) is 0.476. The molecule has 0 aromatic carbocycles. The monoisotopic (exact) mass is 253 g/mol. The minimum absolute atomic E-state index is 0.0517. The third kappa shape index (κ3) is 3.70. The Morgan fingerprint density at radius 3 is 2.72 bits per heavy atom. The molecule has 5 nitrogen and oxygen atoms in total. The Labute approximate surface area is 108 Å². The van der Waals surface area contributed by atoms with Gasteiger partial charge in [0.05, 0.1) is 12.6 Å². The average Bonchev–Trinajstić information content (AvgIpc) is 3.07. The maximum Gasteiger partial charge on any atom is 0.240 e. The number of carbonyl (C=O) groups is 2. The summed E-state index contributed by atoms with van der Waals surface area (Å²) in [7, 11) is 0. The highest BCUT2D eigenvalue weighted by atomic mass is 16.2. The highest BCUT2D eigenvalue weighted by Crippen LogP contribution is 2.22. The first-order valence-corrected chi connectivity index (χ1v) is 6.88. The van der Waals surface area contributed by atoms with Crippen molar-refractivity contribution in [2.75, 3.05) is 19.6 Å². The Bertz CT molecular complexity index is 326. The minimum atomic E-state index is -0.0598. The lowest BCUT2D eigenvalue weighted by atomic mass is 10.2. The molecule has 2 N–H and O–H groups in total. The second-order valence-electron chi connectivity index (χ2n) is 5.74. The lowest BCUT2D eigenvalue weighted by Gasteiger charge is -2.17. The number of hydrogen-bond acceptors (Lipinski definition) is 3. The fraction of sp³-hybridized carbons (Fsp3) is 0.846. The van der Waals surface area contributed by atoms with Crippen LogP contribution in [-0.4, -0.2) is 48.4 Å². The van der Waals surface area contributed by atoms with Gasteiger partial charge in [0.2, 0.25) is 11.8 Å². The number of nitrogens with zero attached hydrogens (tertiary/aromatic N) is 1. The van der Waals surface area contributed by atoms with Gasteiger partial charge in [-0.15, -0.1) is 0 Å². The minimum Gasteiger partial charge on any atom is -0.354 e. The van der Waals surface area contributed by atoms with Crippen molar-refractivity contribution in [3.8, 4) is 0 Å². The van der Waals surface area contributed by atoms with Crippen molar-refractivity contribution >= 4 is 11.8 Å². The molecule has 18 heavy (non-hydrogen) atoms. The van der Waals surface area contributed by atoms with Gasteiger partial charge >= 0.3 is 0 Å². The predicted molar refractivity (Wildman–Crippen MR) is 69.0 cm³/mol. The van der Waals surface area contributed by atoms with Crippen LogP contribution in [0.1, 0.15) is 33.1 Å². The first-order valence-electron chi connectivity index (χ1n) is 6.88. The summed E-state index contributed by atoms with van der Waals surface area (Å²) < 4.78 is 0. The van der Waals surface area contributed by atoms with Crippen molar-refractivity contribution in [2.45, 2.75) is 45.2 Å². The Hall–Kier alpha value is -1.10. The molecule has 0 radical (unpaired) electrons. The summed E-state index contributed by atoms with van der Waals surface area (Å²) in [5.74, 6) is 0.471. The van der Waals surface area contributed by atoms with E-state index in [2.05, 4.69) is 24.5 Å². The van der Waals surface area contributed by atoms with Gasteiger partial charge in [0.1, 0.15) is 0 Å². The number of amides is 2. The Morgan fingerprint density at radius 1 is 1.39 bits per heavy atom. The lowest BCUT2D eigenvalue weighted by molar-refractivity contribution is -0.134. The van der Waals surface area contributed by atoms with E-state index in [1.807, 2.05) is 0 Å². The maximum absolute atomic E-state index is 12.0. The lowest BCUT2D eigenvalue weighted by Crippen LogP contribution is -2.43. The molecule has 2 aliphatic rings. The van der Waals surface area contributed by atoms with Crippen LogP contribution in [0.25, 0.3) is 0 Å². The number of carbonyl (C=O) groups excluding carboxylic acids is 2. The van der Waals surface area contributed by atoms with Crippen LogP contribution >= 0.6 is 0 Å². The van der Waals surface area contributed by atoms with E-state index >= 15 is 0 Å². The molecule has 102 valence electrons. The van der Waals surface area contributed by atoms with Crippen molar-refractivity contribution in [1.29, 1.82) is 0 Å². The topological polar surface area (TPSA) is 61.4 Å². The fourth-order valence-electron chi connectivity index (χ4n) is 2.13. The van der Waals surface area contributed by atoms with Crippen molar-refractivity contribution in [1.82, 2.24) is 15.5 Å². The van der Waals surface area contributed by atoms with Crippen LogP contribution in [0.15, 0.2) is 0 Å². The van der Waals surface area contributed by atoms with Gasteiger partial charge in [0.25, 0.3) is 0 Å². The van der Waals surface area contributed by atoms with Gasteiger partial charge < -0.3 is 15.5 Å². The summed E-state index contributed by atoms with van der Waals surface area (Å²) in [4.78, 5) is 25.4. The molecule has 1 unspecified atom stereocenters. The van der Waals surface area contributed by atoms with Gasteiger partial charge in [-0.25, -0.2) is 0 Å². The molecule has 0 bridgehead atoms. The summed E-state index contributed by atoms with van der Waals surface area (Å²) in [5, 5.41) is 6.18. The molecule has 2 fully saturated rings. The molecule has 5 heteroatoms. The number of hydrogen-bond donors (Lipinski definition) is 2. The third-order valence-electron chi connectivity index (χ3n) is 3.35. The standard InChI is InChI=1S/C13H23N3O2/c1-9(2)7-14-12(17)8-16-6-5-11(13(16)18)15-10-3-4-10/h9-11,15H,3-8H2,1-2H3,(H,14,17). The second-order valence-corrected chi connectivity index (χ2v) is 5.74. The predicted octanol–water partition coefficient (Wildman–Crippen LogP) is 0.112. The molecule has 2 rings (SSSR count). The largest absolute Gasteiger partial charge is 0.354 e. The van der Waals surface area contributed by atoms with Gasteiger partial charge in [-0.3, -0.25) is 9.59 Å². The first-order chi connectivity index (χ1) is 8.56. The van der Waals surface area contributed by atoms with E-state index in [0.29, 0.717) is 25.0 Å². The highest BCUT2D eigenvalue weighted by Gasteiger charge is 2.36. The Balaban J connectivity index is 1.72. The van der Waals surface area contributed by atoms with Gasteiger partial charge in [-0.1, -0.05) is 13.8 Å². The highest BCUT2D eigenvalue weighted by molar-refractivity contribution is 5.89. The van der Waals surface area contributed by atoms with Gasteiger partial charge in [-0.05, 0) is 25.2 Å². The SMILES string of the molecule is CC(C)CNC(=O)CN1CCC(NC2CC2)C1=O. The Morgan fingerprint density at radius 2 is 2.11 bits per heavy atom. The van der Waals surface area contributed by atoms with Crippen molar-refractivity contribution in [3.63, 3.8) is 0 Å². The summed E-state index contributed by atoms with van der Waals surface area (Å²) in [5.41, 5.74) is 0. The summed E-state index contributed by atoms with van der Waals surface area (Å²) >= 11 is 0. The van der Waals surface area contributed by atoms with Crippen molar-refractivity contribution < 1.29 is 9.59 Å². The van der Waals surface area contributed by atoms with Crippen LogP contribution < -0.4 is 10.6 Å². The molecular weight excluding hydrogens is 230 g/mol. The molecule has 2 amide bonds. The first kappa shape index (κ1) is 13.3. The molecule has 0 spiro atoms. The zero-order valence-corrected chi connectivity index (χ0v) is 11.2. The van der Waals surface area contributed by atoms with E-state index in [1.54, 1.807) is 4.90 Å². The third-order valence-corrected chi connectivity index (χ3v) is 3.35. The molecule has 1 aliphatic heterocycles. The Kier molecular flexibility index (Phi) is 4.22. The van der Waals surface area contributed by atoms with E-state index in [1.165, 1.54) is 12.8 Å². The molecule has 0 aromatic rings. The van der Waals surface area contributed by atoms with Crippen LogP contribution in [0.2, 0.25) is 0 Å². The van der Waals surface area contributed by atoms with E-state index in [4.69, 9.17) is 0 Å². The second kappa shape index (κ2) is 5.69. The number of nitrogens with one attached hydrogen (secondary N) is 2.